The lowest BCUT2D eigenvalue weighted by molar-refractivity contribution is 0.180. The molecule has 1 aliphatic heterocycles. The summed E-state index contributed by atoms with van der Waals surface area (Å²) in [5.74, 6) is 0. The van der Waals surface area contributed by atoms with Crippen LogP contribution in [-0.4, -0.2) is 48.8 Å². The van der Waals surface area contributed by atoms with Gasteiger partial charge in [0.1, 0.15) is 9.22 Å². The lowest BCUT2D eigenvalue weighted by atomic mass is 10.2. The molecule has 0 saturated carbocycles. The lowest BCUT2D eigenvalue weighted by Crippen LogP contribution is -2.48. The molecule has 3 heterocycles. The second kappa shape index (κ2) is 7.98. The SMILES string of the molecule is O=S(=O)(c1ccc(Cl)s1)N1CCN(Cc2csc(-c3ccccc3)n2)CC1. The molecular formula is C18H18ClN3O2S3. The highest BCUT2D eigenvalue weighted by molar-refractivity contribution is 7.91. The Labute approximate surface area is 171 Å². The van der Waals surface area contributed by atoms with E-state index < -0.39 is 10.0 Å². The van der Waals surface area contributed by atoms with E-state index in [1.807, 2.05) is 18.2 Å². The van der Waals surface area contributed by atoms with Gasteiger partial charge in [-0.2, -0.15) is 4.31 Å². The van der Waals surface area contributed by atoms with Crippen molar-refractivity contribution < 1.29 is 8.42 Å². The molecule has 0 aliphatic carbocycles. The van der Waals surface area contributed by atoms with Crippen molar-refractivity contribution in [3.05, 3.63) is 57.9 Å². The van der Waals surface area contributed by atoms with Gasteiger partial charge >= 0.3 is 0 Å². The predicted octanol–water partition coefficient (Wildman–Crippen LogP) is 4.03. The number of nitrogens with zero attached hydrogens (tertiary/aromatic N) is 3. The van der Waals surface area contributed by atoms with Crippen molar-refractivity contribution in [1.82, 2.24) is 14.2 Å². The minimum absolute atomic E-state index is 0.313. The number of hydrogen-bond acceptors (Lipinski definition) is 6. The van der Waals surface area contributed by atoms with Crippen LogP contribution in [0.5, 0.6) is 0 Å². The normalized spacial score (nSPS) is 16.6. The molecule has 4 rings (SSSR count). The Hall–Kier alpha value is -1.29. The highest BCUT2D eigenvalue weighted by Crippen LogP contribution is 2.29. The lowest BCUT2D eigenvalue weighted by Gasteiger charge is -2.33. The van der Waals surface area contributed by atoms with E-state index in [-0.39, 0.29) is 0 Å². The van der Waals surface area contributed by atoms with Crippen molar-refractivity contribution in [3.63, 3.8) is 0 Å². The number of benzene rings is 1. The first kappa shape index (κ1) is 19.0. The monoisotopic (exact) mass is 439 g/mol. The number of hydrogen-bond donors (Lipinski definition) is 0. The van der Waals surface area contributed by atoms with Gasteiger partial charge in [-0.3, -0.25) is 4.90 Å². The van der Waals surface area contributed by atoms with Gasteiger partial charge in [-0.25, -0.2) is 13.4 Å². The first-order valence-corrected chi connectivity index (χ1v) is 12.0. The summed E-state index contributed by atoms with van der Waals surface area (Å²) in [6.07, 6.45) is 0. The molecule has 1 saturated heterocycles. The molecule has 0 spiro atoms. The van der Waals surface area contributed by atoms with Gasteiger partial charge in [-0.05, 0) is 12.1 Å². The molecule has 1 aliphatic rings. The summed E-state index contributed by atoms with van der Waals surface area (Å²) >= 11 is 8.63. The van der Waals surface area contributed by atoms with Crippen molar-refractivity contribution in [1.29, 1.82) is 0 Å². The van der Waals surface area contributed by atoms with E-state index >= 15 is 0 Å². The molecule has 1 fully saturated rings. The molecule has 0 unspecified atom stereocenters. The van der Waals surface area contributed by atoms with E-state index in [1.54, 1.807) is 27.8 Å². The minimum atomic E-state index is -3.44. The first-order valence-electron chi connectivity index (χ1n) is 8.50. The fraction of sp³-hybridized carbons (Fsp3) is 0.278. The number of aromatic nitrogens is 1. The summed E-state index contributed by atoms with van der Waals surface area (Å²) in [4.78, 5) is 6.97. The highest BCUT2D eigenvalue weighted by atomic mass is 35.5. The summed E-state index contributed by atoms with van der Waals surface area (Å²) < 4.78 is 27.7. The average molecular weight is 440 g/mol. The van der Waals surface area contributed by atoms with Crippen LogP contribution in [0.1, 0.15) is 5.69 Å². The molecule has 5 nitrogen and oxygen atoms in total. The van der Waals surface area contributed by atoms with Crippen LogP contribution in [0.2, 0.25) is 4.34 Å². The predicted molar refractivity (Wildman–Crippen MR) is 111 cm³/mol. The molecule has 1 aromatic carbocycles. The van der Waals surface area contributed by atoms with Crippen LogP contribution in [0.25, 0.3) is 10.6 Å². The van der Waals surface area contributed by atoms with Crippen molar-refractivity contribution in [2.45, 2.75) is 10.8 Å². The van der Waals surface area contributed by atoms with Crippen LogP contribution in [-0.2, 0) is 16.6 Å². The number of piperazine rings is 1. The first-order chi connectivity index (χ1) is 13.0. The number of halogens is 1. The molecule has 142 valence electrons. The topological polar surface area (TPSA) is 53.5 Å². The number of thiazole rings is 1. The van der Waals surface area contributed by atoms with E-state index in [4.69, 9.17) is 16.6 Å². The van der Waals surface area contributed by atoms with E-state index in [2.05, 4.69) is 22.4 Å². The quantitative estimate of drug-likeness (QED) is 0.602. The fourth-order valence-corrected chi connectivity index (χ4v) is 6.89. The van der Waals surface area contributed by atoms with E-state index in [0.717, 1.165) is 34.1 Å². The van der Waals surface area contributed by atoms with Gasteiger partial charge in [-0.1, -0.05) is 41.9 Å². The molecule has 9 heteroatoms. The zero-order valence-electron chi connectivity index (χ0n) is 14.4. The Bertz CT molecular complexity index is 1010. The maximum Gasteiger partial charge on any atom is 0.252 e. The maximum absolute atomic E-state index is 12.7. The molecule has 0 N–H and O–H groups in total. The standard InChI is InChI=1S/C18H18ClN3O2S3/c19-16-6-7-17(26-16)27(23,24)22-10-8-21(9-11-22)12-15-13-25-18(20-15)14-4-2-1-3-5-14/h1-7,13H,8-12H2. The van der Waals surface area contributed by atoms with Crippen LogP contribution in [0, 0.1) is 0 Å². The molecule has 0 amide bonds. The Kier molecular flexibility index (Phi) is 5.63. The van der Waals surface area contributed by atoms with E-state index in [1.165, 1.54) is 0 Å². The largest absolute Gasteiger partial charge is 0.295 e. The van der Waals surface area contributed by atoms with Crippen LogP contribution in [0.3, 0.4) is 0 Å². The van der Waals surface area contributed by atoms with Gasteiger partial charge in [0.15, 0.2) is 0 Å². The third-order valence-corrected chi connectivity index (χ3v) is 8.97. The summed E-state index contributed by atoms with van der Waals surface area (Å²) in [7, 11) is -3.44. The Balaban J connectivity index is 1.37. The van der Waals surface area contributed by atoms with Gasteiger partial charge < -0.3 is 0 Å². The molecule has 3 aromatic rings. The smallest absolute Gasteiger partial charge is 0.252 e. The second-order valence-electron chi connectivity index (χ2n) is 6.25. The van der Waals surface area contributed by atoms with Gasteiger partial charge in [0.25, 0.3) is 10.0 Å². The van der Waals surface area contributed by atoms with Crippen molar-refractivity contribution >= 4 is 44.3 Å². The second-order valence-corrected chi connectivity index (χ2v) is 11.0. The Morgan fingerprint density at radius 2 is 1.78 bits per heavy atom. The third kappa shape index (κ3) is 4.26. The molecule has 0 atom stereocenters. The maximum atomic E-state index is 12.7. The van der Waals surface area contributed by atoms with Gasteiger partial charge in [-0.15, -0.1) is 22.7 Å². The van der Waals surface area contributed by atoms with Crippen molar-refractivity contribution in [2.75, 3.05) is 26.2 Å². The number of sulfonamides is 1. The van der Waals surface area contributed by atoms with Gasteiger partial charge in [0.2, 0.25) is 0 Å². The zero-order chi connectivity index (χ0) is 18.9. The molecular weight excluding hydrogens is 422 g/mol. The minimum Gasteiger partial charge on any atom is -0.295 e. The van der Waals surface area contributed by atoms with E-state index in [0.29, 0.717) is 34.7 Å². The summed E-state index contributed by atoms with van der Waals surface area (Å²) in [6.45, 7) is 3.08. The van der Waals surface area contributed by atoms with Crippen LogP contribution < -0.4 is 0 Å². The summed E-state index contributed by atoms with van der Waals surface area (Å²) in [5, 5.41) is 3.10. The molecule has 2 aromatic heterocycles. The number of rotatable bonds is 5. The molecule has 0 bridgehead atoms. The van der Waals surface area contributed by atoms with Crippen molar-refractivity contribution in [2.24, 2.45) is 0 Å². The van der Waals surface area contributed by atoms with Gasteiger partial charge in [0.05, 0.1) is 10.0 Å². The third-order valence-electron chi connectivity index (χ3n) is 4.43. The fourth-order valence-electron chi connectivity index (χ4n) is 3.01. The summed E-state index contributed by atoms with van der Waals surface area (Å²) in [6, 6.07) is 13.3. The Morgan fingerprint density at radius 3 is 2.44 bits per heavy atom. The Morgan fingerprint density at radius 1 is 1.04 bits per heavy atom. The van der Waals surface area contributed by atoms with E-state index in [9.17, 15) is 8.42 Å². The number of thiophene rings is 1. The summed E-state index contributed by atoms with van der Waals surface area (Å²) in [5.41, 5.74) is 2.15. The zero-order valence-corrected chi connectivity index (χ0v) is 17.6. The van der Waals surface area contributed by atoms with Gasteiger partial charge in [0, 0.05) is 43.7 Å². The van der Waals surface area contributed by atoms with Crippen LogP contribution >= 0.6 is 34.3 Å². The van der Waals surface area contributed by atoms with Crippen LogP contribution in [0.4, 0.5) is 0 Å². The molecule has 0 radical (unpaired) electrons. The van der Waals surface area contributed by atoms with Crippen molar-refractivity contribution in [3.8, 4) is 10.6 Å². The molecule has 27 heavy (non-hydrogen) atoms. The van der Waals surface area contributed by atoms with Crippen LogP contribution in [0.15, 0.2) is 52.1 Å². The highest BCUT2D eigenvalue weighted by Gasteiger charge is 2.29. The average Bonchev–Trinajstić information content (AvgIpc) is 3.32.